The van der Waals surface area contributed by atoms with Gasteiger partial charge in [-0.2, -0.15) is 0 Å². The number of amides is 1. The SMILES string of the molecule is C[C@@H](OC(=O)c1ccc([N+](=O)[O-])cc1N)C(=O)Nc1ncc(Cl)cc1Cl. The van der Waals surface area contributed by atoms with Crippen LogP contribution >= 0.6 is 23.2 Å². The summed E-state index contributed by atoms with van der Waals surface area (Å²) in [6, 6.07) is 4.67. The molecule has 0 saturated heterocycles. The summed E-state index contributed by atoms with van der Waals surface area (Å²) in [6.45, 7) is 1.33. The van der Waals surface area contributed by atoms with Crippen molar-refractivity contribution < 1.29 is 19.2 Å². The Bertz CT molecular complexity index is 890. The van der Waals surface area contributed by atoms with E-state index in [1.165, 1.54) is 19.2 Å². The molecule has 0 bridgehead atoms. The predicted molar refractivity (Wildman–Crippen MR) is 95.3 cm³/mol. The molecule has 0 aliphatic rings. The first-order chi connectivity index (χ1) is 12.2. The van der Waals surface area contributed by atoms with E-state index in [0.29, 0.717) is 5.02 Å². The van der Waals surface area contributed by atoms with Crippen LogP contribution in [0, 0.1) is 10.1 Å². The van der Waals surface area contributed by atoms with Crippen LogP contribution < -0.4 is 11.1 Å². The molecule has 2 rings (SSSR count). The van der Waals surface area contributed by atoms with Crippen molar-refractivity contribution in [2.24, 2.45) is 0 Å². The number of nitrogens with two attached hydrogens (primary N) is 1. The Hall–Kier alpha value is -2.91. The number of carbonyl (C=O) groups is 2. The highest BCUT2D eigenvalue weighted by molar-refractivity contribution is 6.36. The lowest BCUT2D eigenvalue weighted by Gasteiger charge is -2.14. The number of nitrogens with zero attached hydrogens (tertiary/aromatic N) is 2. The number of hydrogen-bond acceptors (Lipinski definition) is 7. The molecule has 1 atom stereocenters. The first kappa shape index (κ1) is 19.4. The molecular weight excluding hydrogens is 387 g/mol. The summed E-state index contributed by atoms with van der Waals surface area (Å²) in [4.78, 5) is 38.1. The second kappa shape index (κ2) is 7.98. The van der Waals surface area contributed by atoms with Gasteiger partial charge in [-0.05, 0) is 19.1 Å². The molecule has 0 aliphatic carbocycles. The normalized spacial score (nSPS) is 11.5. The molecule has 0 fully saturated rings. The van der Waals surface area contributed by atoms with Gasteiger partial charge in [0.25, 0.3) is 11.6 Å². The van der Waals surface area contributed by atoms with Gasteiger partial charge in [0, 0.05) is 18.3 Å². The summed E-state index contributed by atoms with van der Waals surface area (Å²) in [5, 5.41) is 13.5. The Morgan fingerprint density at radius 3 is 2.62 bits per heavy atom. The van der Waals surface area contributed by atoms with Crippen LogP contribution in [0.25, 0.3) is 0 Å². The van der Waals surface area contributed by atoms with Crippen LogP contribution in [0.2, 0.25) is 10.0 Å². The zero-order chi connectivity index (χ0) is 19.4. The number of halogens is 2. The molecule has 0 spiro atoms. The van der Waals surface area contributed by atoms with E-state index in [2.05, 4.69) is 10.3 Å². The number of nitro groups is 1. The number of pyridine rings is 1. The third-order valence-electron chi connectivity index (χ3n) is 3.17. The number of non-ortho nitro benzene ring substituents is 1. The molecule has 11 heteroatoms. The maximum atomic E-state index is 12.1. The highest BCUT2D eigenvalue weighted by Gasteiger charge is 2.22. The maximum absolute atomic E-state index is 12.1. The lowest BCUT2D eigenvalue weighted by Crippen LogP contribution is -2.30. The molecule has 136 valence electrons. The van der Waals surface area contributed by atoms with Crippen molar-refractivity contribution in [2.75, 3.05) is 11.1 Å². The molecule has 1 amide bonds. The standard InChI is InChI=1S/C15H12Cl2N4O5/c1-7(14(22)20-13-11(17)4-8(16)6-19-13)26-15(23)10-3-2-9(21(24)25)5-12(10)18/h2-7H,18H2,1H3,(H,19,20,22)/t7-/m1/s1. The van der Waals surface area contributed by atoms with E-state index in [-0.39, 0.29) is 27.8 Å². The first-order valence-corrected chi connectivity index (χ1v) is 7.81. The third kappa shape index (κ3) is 4.58. The molecule has 0 aliphatic heterocycles. The van der Waals surface area contributed by atoms with Gasteiger partial charge in [-0.15, -0.1) is 0 Å². The summed E-state index contributed by atoms with van der Waals surface area (Å²) >= 11 is 11.6. The van der Waals surface area contributed by atoms with Crippen LogP contribution in [0.5, 0.6) is 0 Å². The highest BCUT2D eigenvalue weighted by atomic mass is 35.5. The number of anilines is 2. The molecule has 0 saturated carbocycles. The van der Waals surface area contributed by atoms with E-state index >= 15 is 0 Å². The van der Waals surface area contributed by atoms with Crippen LogP contribution in [-0.2, 0) is 9.53 Å². The van der Waals surface area contributed by atoms with E-state index in [0.717, 1.165) is 18.2 Å². The van der Waals surface area contributed by atoms with Crippen LogP contribution in [-0.4, -0.2) is 27.9 Å². The Kier molecular flexibility index (Phi) is 5.96. The lowest BCUT2D eigenvalue weighted by molar-refractivity contribution is -0.384. The van der Waals surface area contributed by atoms with E-state index in [9.17, 15) is 19.7 Å². The van der Waals surface area contributed by atoms with Crippen LogP contribution in [0.1, 0.15) is 17.3 Å². The van der Waals surface area contributed by atoms with E-state index in [1.54, 1.807) is 0 Å². The van der Waals surface area contributed by atoms with Gasteiger partial charge in [-0.3, -0.25) is 14.9 Å². The Morgan fingerprint density at radius 2 is 2.04 bits per heavy atom. The number of rotatable bonds is 5. The van der Waals surface area contributed by atoms with Gasteiger partial charge < -0.3 is 15.8 Å². The quantitative estimate of drug-likeness (QED) is 0.341. The number of nitrogens with one attached hydrogen (secondary N) is 1. The minimum absolute atomic E-state index is 0.0545. The summed E-state index contributed by atoms with van der Waals surface area (Å²) < 4.78 is 5.02. The largest absolute Gasteiger partial charge is 0.449 e. The van der Waals surface area contributed by atoms with E-state index in [4.69, 9.17) is 33.7 Å². The minimum Gasteiger partial charge on any atom is -0.449 e. The van der Waals surface area contributed by atoms with Crippen LogP contribution in [0.4, 0.5) is 17.2 Å². The molecule has 0 radical (unpaired) electrons. The van der Waals surface area contributed by atoms with Crippen LogP contribution in [0.3, 0.4) is 0 Å². The number of benzene rings is 1. The zero-order valence-corrected chi connectivity index (χ0v) is 14.7. The molecule has 9 nitrogen and oxygen atoms in total. The van der Waals surface area contributed by atoms with Gasteiger partial charge in [-0.25, -0.2) is 9.78 Å². The summed E-state index contributed by atoms with van der Waals surface area (Å²) in [5.74, 6) is -1.54. The summed E-state index contributed by atoms with van der Waals surface area (Å²) in [7, 11) is 0. The first-order valence-electron chi connectivity index (χ1n) is 7.06. The van der Waals surface area contributed by atoms with Gasteiger partial charge in [0.15, 0.2) is 11.9 Å². The predicted octanol–water partition coefficient (Wildman–Crippen LogP) is 3.06. The number of carbonyl (C=O) groups excluding carboxylic acids is 2. The minimum atomic E-state index is -1.20. The second-order valence-corrected chi connectivity index (χ2v) is 5.89. The van der Waals surface area contributed by atoms with Gasteiger partial charge in [0.2, 0.25) is 0 Å². The van der Waals surface area contributed by atoms with Crippen molar-refractivity contribution in [3.8, 4) is 0 Å². The number of esters is 1. The number of nitrogen functional groups attached to an aromatic ring is 1. The average molecular weight is 399 g/mol. The van der Waals surface area contributed by atoms with Gasteiger partial charge in [-0.1, -0.05) is 23.2 Å². The third-order valence-corrected chi connectivity index (χ3v) is 3.66. The highest BCUT2D eigenvalue weighted by Crippen LogP contribution is 2.23. The molecule has 2 aromatic rings. The topological polar surface area (TPSA) is 137 Å². The molecule has 1 heterocycles. The molecule has 26 heavy (non-hydrogen) atoms. The van der Waals surface area contributed by atoms with Crippen molar-refractivity contribution >= 4 is 52.3 Å². The number of ether oxygens (including phenoxy) is 1. The van der Waals surface area contributed by atoms with Crippen molar-refractivity contribution in [1.82, 2.24) is 4.98 Å². The fraction of sp³-hybridized carbons (Fsp3) is 0.133. The molecule has 1 aromatic carbocycles. The Balaban J connectivity index is 2.06. The number of hydrogen-bond donors (Lipinski definition) is 2. The zero-order valence-electron chi connectivity index (χ0n) is 13.2. The van der Waals surface area contributed by atoms with Crippen molar-refractivity contribution in [1.29, 1.82) is 0 Å². The molecule has 1 aromatic heterocycles. The second-order valence-electron chi connectivity index (χ2n) is 5.05. The number of aromatic nitrogens is 1. The smallest absolute Gasteiger partial charge is 0.341 e. The van der Waals surface area contributed by atoms with E-state index < -0.39 is 22.9 Å². The van der Waals surface area contributed by atoms with Crippen molar-refractivity contribution in [2.45, 2.75) is 13.0 Å². The fourth-order valence-electron chi connectivity index (χ4n) is 1.85. The average Bonchev–Trinajstić information content (AvgIpc) is 2.56. The van der Waals surface area contributed by atoms with Gasteiger partial charge in [0.05, 0.1) is 26.2 Å². The molecular formula is C15H12Cl2N4O5. The summed E-state index contributed by atoms with van der Waals surface area (Å²) in [5.41, 5.74) is 5.11. The summed E-state index contributed by atoms with van der Waals surface area (Å²) in [6.07, 6.45) is 0.0859. The molecule has 3 N–H and O–H groups in total. The lowest BCUT2D eigenvalue weighted by atomic mass is 10.1. The van der Waals surface area contributed by atoms with E-state index in [1.807, 2.05) is 0 Å². The Morgan fingerprint density at radius 1 is 1.35 bits per heavy atom. The Labute approximate surface area is 157 Å². The number of nitro benzene ring substituents is 1. The van der Waals surface area contributed by atoms with Gasteiger partial charge in [0.1, 0.15) is 0 Å². The van der Waals surface area contributed by atoms with Crippen molar-refractivity contribution in [3.63, 3.8) is 0 Å². The monoisotopic (exact) mass is 398 g/mol. The fourth-order valence-corrected chi connectivity index (χ4v) is 2.28. The maximum Gasteiger partial charge on any atom is 0.341 e. The van der Waals surface area contributed by atoms with Crippen molar-refractivity contribution in [3.05, 3.63) is 56.2 Å². The van der Waals surface area contributed by atoms with Gasteiger partial charge >= 0.3 is 5.97 Å². The molecule has 0 unspecified atom stereocenters. The van der Waals surface area contributed by atoms with Crippen LogP contribution in [0.15, 0.2) is 30.5 Å².